The molecule has 3 rings (SSSR count). The SMILES string of the molecule is CCCn1nncc1C(O)c1cc2sccc2s1. The first-order valence-electron chi connectivity index (χ1n) is 5.83. The van der Waals surface area contributed by atoms with Crippen molar-refractivity contribution < 1.29 is 5.11 Å². The molecule has 0 fully saturated rings. The lowest BCUT2D eigenvalue weighted by Gasteiger charge is -2.09. The van der Waals surface area contributed by atoms with Crippen LogP contribution < -0.4 is 0 Å². The molecule has 6 heteroatoms. The van der Waals surface area contributed by atoms with Crippen LogP contribution in [-0.2, 0) is 6.54 Å². The van der Waals surface area contributed by atoms with Crippen molar-refractivity contribution in [1.82, 2.24) is 15.0 Å². The number of fused-ring (bicyclic) bond motifs is 1. The van der Waals surface area contributed by atoms with Gasteiger partial charge in [0.25, 0.3) is 0 Å². The minimum Gasteiger partial charge on any atom is -0.381 e. The van der Waals surface area contributed by atoms with E-state index in [1.807, 2.05) is 0 Å². The zero-order valence-electron chi connectivity index (χ0n) is 9.91. The van der Waals surface area contributed by atoms with E-state index in [1.165, 1.54) is 9.40 Å². The zero-order chi connectivity index (χ0) is 12.5. The minimum atomic E-state index is -0.629. The van der Waals surface area contributed by atoms with E-state index < -0.39 is 6.10 Å². The fourth-order valence-corrected chi connectivity index (χ4v) is 4.05. The van der Waals surface area contributed by atoms with E-state index in [9.17, 15) is 5.11 Å². The summed E-state index contributed by atoms with van der Waals surface area (Å²) in [5, 5.41) is 20.4. The highest BCUT2D eigenvalue weighted by molar-refractivity contribution is 7.26. The van der Waals surface area contributed by atoms with Crippen molar-refractivity contribution in [2.24, 2.45) is 0 Å². The van der Waals surface area contributed by atoms with Crippen LogP contribution in [0.25, 0.3) is 9.40 Å². The third kappa shape index (κ3) is 1.96. The Morgan fingerprint density at radius 2 is 2.33 bits per heavy atom. The first-order valence-corrected chi connectivity index (χ1v) is 7.52. The fraction of sp³-hybridized carbons (Fsp3) is 0.333. The number of rotatable bonds is 4. The molecule has 18 heavy (non-hydrogen) atoms. The molecule has 1 unspecified atom stereocenters. The first kappa shape index (κ1) is 11.8. The third-order valence-corrected chi connectivity index (χ3v) is 4.94. The lowest BCUT2D eigenvalue weighted by atomic mass is 10.2. The van der Waals surface area contributed by atoms with Gasteiger partial charge in [-0.1, -0.05) is 12.1 Å². The lowest BCUT2D eigenvalue weighted by molar-refractivity contribution is 0.211. The molecule has 0 radical (unpaired) electrons. The predicted octanol–water partition coefficient (Wildman–Crippen LogP) is 3.05. The molecule has 1 atom stereocenters. The van der Waals surface area contributed by atoms with Crippen molar-refractivity contribution in [3.05, 3.63) is 34.3 Å². The smallest absolute Gasteiger partial charge is 0.131 e. The molecule has 0 aliphatic rings. The number of nitrogens with zero attached hydrogens (tertiary/aromatic N) is 3. The highest BCUT2D eigenvalue weighted by Gasteiger charge is 2.18. The van der Waals surface area contributed by atoms with Gasteiger partial charge in [-0.2, -0.15) is 0 Å². The van der Waals surface area contributed by atoms with Gasteiger partial charge in [-0.05, 0) is 23.9 Å². The van der Waals surface area contributed by atoms with Gasteiger partial charge >= 0.3 is 0 Å². The summed E-state index contributed by atoms with van der Waals surface area (Å²) in [6.07, 6.45) is 1.99. The lowest BCUT2D eigenvalue weighted by Crippen LogP contribution is -2.09. The summed E-state index contributed by atoms with van der Waals surface area (Å²) in [5.41, 5.74) is 0.769. The molecule has 3 heterocycles. The average molecular weight is 279 g/mol. The van der Waals surface area contributed by atoms with Gasteiger partial charge in [0.15, 0.2) is 0 Å². The van der Waals surface area contributed by atoms with Crippen LogP contribution >= 0.6 is 22.7 Å². The Labute approximate surface area is 113 Å². The summed E-state index contributed by atoms with van der Waals surface area (Å²) in [7, 11) is 0. The van der Waals surface area contributed by atoms with Crippen LogP contribution in [-0.4, -0.2) is 20.1 Å². The number of hydrogen-bond acceptors (Lipinski definition) is 5. The highest BCUT2D eigenvalue weighted by Crippen LogP contribution is 2.35. The van der Waals surface area contributed by atoms with Gasteiger partial charge < -0.3 is 5.11 Å². The van der Waals surface area contributed by atoms with Crippen molar-refractivity contribution in [1.29, 1.82) is 0 Å². The molecule has 0 saturated heterocycles. The van der Waals surface area contributed by atoms with Crippen LogP contribution in [0.3, 0.4) is 0 Å². The second kappa shape index (κ2) is 4.79. The maximum Gasteiger partial charge on any atom is 0.131 e. The second-order valence-electron chi connectivity index (χ2n) is 4.08. The van der Waals surface area contributed by atoms with E-state index in [2.05, 4.69) is 34.7 Å². The quantitative estimate of drug-likeness (QED) is 0.798. The van der Waals surface area contributed by atoms with Crippen molar-refractivity contribution in [2.75, 3.05) is 0 Å². The average Bonchev–Trinajstić information content (AvgIpc) is 3.02. The third-order valence-electron chi connectivity index (χ3n) is 2.79. The number of aryl methyl sites for hydroxylation is 1. The number of hydrogen-bond donors (Lipinski definition) is 1. The Morgan fingerprint density at radius 3 is 3.11 bits per heavy atom. The van der Waals surface area contributed by atoms with Gasteiger partial charge in [0.05, 0.1) is 11.9 Å². The molecular formula is C12H13N3OS2. The molecule has 0 spiro atoms. The molecular weight excluding hydrogens is 266 g/mol. The monoisotopic (exact) mass is 279 g/mol. The van der Waals surface area contributed by atoms with Crippen LogP contribution in [0.5, 0.6) is 0 Å². The molecule has 3 aromatic heterocycles. The van der Waals surface area contributed by atoms with Gasteiger partial charge in [0.1, 0.15) is 6.10 Å². The molecule has 94 valence electrons. The van der Waals surface area contributed by atoms with Crippen LogP contribution in [0.2, 0.25) is 0 Å². The van der Waals surface area contributed by atoms with E-state index in [0.717, 1.165) is 23.5 Å². The van der Waals surface area contributed by atoms with Crippen LogP contribution in [0, 0.1) is 0 Å². The largest absolute Gasteiger partial charge is 0.381 e. The van der Waals surface area contributed by atoms with Crippen molar-refractivity contribution in [3.8, 4) is 0 Å². The van der Waals surface area contributed by atoms with Crippen LogP contribution in [0.4, 0.5) is 0 Å². The van der Waals surface area contributed by atoms with E-state index in [4.69, 9.17) is 0 Å². The molecule has 4 nitrogen and oxygen atoms in total. The maximum atomic E-state index is 10.4. The standard InChI is InChI=1S/C12H13N3OS2/c1-2-4-15-8(7-13-14-15)12(16)11-6-10-9(18-11)3-5-17-10/h3,5-7,12,16H,2,4H2,1H3. The Kier molecular flexibility index (Phi) is 3.15. The van der Waals surface area contributed by atoms with Gasteiger partial charge in [-0.15, -0.1) is 27.8 Å². The maximum absolute atomic E-state index is 10.4. The molecule has 3 aromatic rings. The summed E-state index contributed by atoms with van der Waals surface area (Å²) in [5.74, 6) is 0. The molecule has 0 aromatic carbocycles. The molecule has 0 aliphatic carbocycles. The number of aliphatic hydroxyl groups is 1. The van der Waals surface area contributed by atoms with Gasteiger partial charge in [-0.25, -0.2) is 4.68 Å². The zero-order valence-corrected chi connectivity index (χ0v) is 11.5. The Bertz CT molecular complexity index is 626. The van der Waals surface area contributed by atoms with E-state index >= 15 is 0 Å². The number of aromatic nitrogens is 3. The summed E-state index contributed by atoms with van der Waals surface area (Å²) in [4.78, 5) is 0.955. The summed E-state index contributed by atoms with van der Waals surface area (Å²) in [6.45, 7) is 2.87. The Hall–Kier alpha value is -1.24. The fourth-order valence-electron chi connectivity index (χ4n) is 1.93. The Balaban J connectivity index is 1.95. The number of aliphatic hydroxyl groups excluding tert-OH is 1. The molecule has 0 amide bonds. The van der Waals surface area contributed by atoms with Gasteiger partial charge in [-0.3, -0.25) is 0 Å². The molecule has 0 bridgehead atoms. The topological polar surface area (TPSA) is 50.9 Å². The molecule has 1 N–H and O–H groups in total. The second-order valence-corrected chi connectivity index (χ2v) is 6.15. The van der Waals surface area contributed by atoms with E-state index in [0.29, 0.717) is 0 Å². The van der Waals surface area contributed by atoms with Gasteiger partial charge in [0, 0.05) is 20.8 Å². The van der Waals surface area contributed by atoms with Crippen molar-refractivity contribution >= 4 is 32.1 Å². The van der Waals surface area contributed by atoms with E-state index in [1.54, 1.807) is 33.6 Å². The van der Waals surface area contributed by atoms with Crippen LogP contribution in [0.1, 0.15) is 30.0 Å². The molecule has 0 aliphatic heterocycles. The minimum absolute atomic E-state index is 0.629. The molecule has 0 saturated carbocycles. The summed E-state index contributed by atoms with van der Waals surface area (Å²) >= 11 is 3.33. The summed E-state index contributed by atoms with van der Waals surface area (Å²) in [6, 6.07) is 4.14. The normalized spacial score (nSPS) is 13.2. The van der Waals surface area contributed by atoms with Crippen LogP contribution in [0.15, 0.2) is 23.7 Å². The van der Waals surface area contributed by atoms with Gasteiger partial charge in [0.2, 0.25) is 0 Å². The summed E-state index contributed by atoms with van der Waals surface area (Å²) < 4.78 is 4.23. The van der Waals surface area contributed by atoms with Crippen molar-refractivity contribution in [3.63, 3.8) is 0 Å². The highest BCUT2D eigenvalue weighted by atomic mass is 32.1. The van der Waals surface area contributed by atoms with E-state index in [-0.39, 0.29) is 0 Å². The predicted molar refractivity (Wildman–Crippen MR) is 74.1 cm³/mol. The first-order chi connectivity index (χ1) is 8.79. The number of thiophene rings is 2. The Morgan fingerprint density at radius 1 is 1.44 bits per heavy atom. The van der Waals surface area contributed by atoms with Crippen molar-refractivity contribution in [2.45, 2.75) is 26.0 Å².